The molecule has 0 unspecified atom stereocenters. The highest BCUT2D eigenvalue weighted by atomic mass is 35.5. The number of nitrogens with zero attached hydrogens (tertiary/aromatic N) is 3. The Kier molecular flexibility index (Phi) is 6.47. The summed E-state index contributed by atoms with van der Waals surface area (Å²) in [5.41, 5.74) is 4.23. The number of benzene rings is 1. The first-order valence-corrected chi connectivity index (χ1v) is 9.85. The quantitative estimate of drug-likeness (QED) is 0.585. The number of rotatable bonds is 4. The molecule has 0 saturated carbocycles. The van der Waals surface area contributed by atoms with Gasteiger partial charge in [0.05, 0.1) is 12.2 Å². The van der Waals surface area contributed by atoms with Crippen LogP contribution in [0, 0.1) is 0 Å². The number of amides is 2. The second-order valence-electron chi connectivity index (χ2n) is 7.05. The van der Waals surface area contributed by atoms with Crippen LogP contribution in [0.15, 0.2) is 48.7 Å². The van der Waals surface area contributed by atoms with Gasteiger partial charge in [-0.25, -0.2) is 20.0 Å². The van der Waals surface area contributed by atoms with Gasteiger partial charge in [-0.3, -0.25) is 4.40 Å². The molecule has 2 aromatic heterocycles. The van der Waals surface area contributed by atoms with Gasteiger partial charge in [0.25, 0.3) is 0 Å². The smallest absolute Gasteiger partial charge is 0.435 e. The van der Waals surface area contributed by atoms with Crippen molar-refractivity contribution in [2.45, 2.75) is 39.9 Å². The molecule has 3 aromatic rings. The van der Waals surface area contributed by atoms with Crippen LogP contribution in [0.1, 0.15) is 27.7 Å². The minimum absolute atomic E-state index is 0.305. The van der Waals surface area contributed by atoms with Crippen LogP contribution in [0.4, 0.5) is 15.4 Å². The van der Waals surface area contributed by atoms with Crippen molar-refractivity contribution in [1.82, 2.24) is 14.8 Å². The molecule has 0 spiro atoms. The Hall–Kier alpha value is -3.26. The van der Waals surface area contributed by atoms with Crippen LogP contribution in [0.5, 0.6) is 0 Å². The summed E-state index contributed by atoms with van der Waals surface area (Å²) >= 11 is 6.02. The van der Waals surface area contributed by atoms with Crippen LogP contribution >= 0.6 is 11.6 Å². The Balaban J connectivity index is 2.16. The molecule has 9 heteroatoms. The lowest BCUT2D eigenvalue weighted by Gasteiger charge is -2.24. The van der Waals surface area contributed by atoms with Gasteiger partial charge in [0.2, 0.25) is 0 Å². The first-order valence-electron chi connectivity index (χ1n) is 9.47. The molecule has 1 N–H and O–H groups in total. The van der Waals surface area contributed by atoms with Crippen molar-refractivity contribution in [3.8, 4) is 11.3 Å². The molecule has 1 aromatic carbocycles. The van der Waals surface area contributed by atoms with E-state index < -0.39 is 18.3 Å². The molecule has 2 amide bonds. The molecule has 0 aliphatic carbocycles. The standard InChI is InChI=1S/C21H23ClN4O4/c1-13(2)29-20(27)24-26(21(28)30-14(3)4)19-18(15-8-10-16(22)11-9-15)23-17-7-5-6-12-25(17)19/h5-14H,1-4H3,(H,24,27). The SMILES string of the molecule is CC(C)OC(=O)NN(C(=O)OC(C)C)c1c(-c2ccc(Cl)cc2)nc2ccccn12. The number of pyridine rings is 1. The summed E-state index contributed by atoms with van der Waals surface area (Å²) in [5, 5.41) is 1.58. The summed E-state index contributed by atoms with van der Waals surface area (Å²) < 4.78 is 12.2. The third-order valence-corrected chi connectivity index (χ3v) is 4.15. The third kappa shape index (κ3) is 4.83. The van der Waals surface area contributed by atoms with Crippen LogP contribution in [0.2, 0.25) is 5.02 Å². The Morgan fingerprint density at radius 2 is 1.70 bits per heavy atom. The number of anilines is 1. The zero-order valence-corrected chi connectivity index (χ0v) is 17.9. The molecule has 0 bridgehead atoms. The van der Waals surface area contributed by atoms with Gasteiger partial charge in [-0.05, 0) is 52.0 Å². The molecule has 2 heterocycles. The fraction of sp³-hybridized carbons (Fsp3) is 0.286. The molecule has 0 aliphatic rings. The summed E-state index contributed by atoms with van der Waals surface area (Å²) in [7, 11) is 0. The largest absolute Gasteiger partial charge is 0.446 e. The fourth-order valence-electron chi connectivity index (χ4n) is 2.77. The lowest BCUT2D eigenvalue weighted by Crippen LogP contribution is -2.48. The van der Waals surface area contributed by atoms with E-state index in [9.17, 15) is 9.59 Å². The van der Waals surface area contributed by atoms with Crippen LogP contribution in [-0.2, 0) is 9.47 Å². The van der Waals surface area contributed by atoms with Gasteiger partial charge in [0, 0.05) is 16.8 Å². The number of hydrogen-bond acceptors (Lipinski definition) is 5. The molecule has 3 rings (SSSR count). The molecule has 0 radical (unpaired) electrons. The highest BCUT2D eigenvalue weighted by molar-refractivity contribution is 6.30. The van der Waals surface area contributed by atoms with E-state index in [1.165, 1.54) is 0 Å². The van der Waals surface area contributed by atoms with E-state index in [-0.39, 0.29) is 6.10 Å². The highest BCUT2D eigenvalue weighted by Gasteiger charge is 2.29. The lowest BCUT2D eigenvalue weighted by atomic mass is 10.1. The molecular formula is C21H23ClN4O4. The third-order valence-electron chi connectivity index (χ3n) is 3.90. The Bertz CT molecular complexity index is 1050. The topological polar surface area (TPSA) is 85.2 Å². The number of ether oxygens (including phenoxy) is 2. The summed E-state index contributed by atoms with van der Waals surface area (Å²) in [6.45, 7) is 6.86. The van der Waals surface area contributed by atoms with Gasteiger partial charge < -0.3 is 9.47 Å². The maximum atomic E-state index is 12.9. The zero-order chi connectivity index (χ0) is 21.8. The first-order chi connectivity index (χ1) is 14.3. The minimum Gasteiger partial charge on any atom is -0.446 e. The van der Waals surface area contributed by atoms with Crippen LogP contribution < -0.4 is 10.4 Å². The molecule has 0 saturated heterocycles. The van der Waals surface area contributed by atoms with Crippen LogP contribution in [0.3, 0.4) is 0 Å². The summed E-state index contributed by atoms with van der Waals surface area (Å²) in [6, 6.07) is 12.4. The molecular weight excluding hydrogens is 408 g/mol. The van der Waals surface area contributed by atoms with Gasteiger partial charge in [-0.1, -0.05) is 29.8 Å². The number of carbonyl (C=O) groups is 2. The van der Waals surface area contributed by atoms with Crippen LogP contribution in [-0.4, -0.2) is 33.8 Å². The van der Waals surface area contributed by atoms with E-state index >= 15 is 0 Å². The van der Waals surface area contributed by atoms with Crippen molar-refractivity contribution < 1.29 is 19.1 Å². The lowest BCUT2D eigenvalue weighted by molar-refractivity contribution is 0.103. The zero-order valence-electron chi connectivity index (χ0n) is 17.1. The predicted molar refractivity (Wildman–Crippen MR) is 114 cm³/mol. The number of hydrogen-bond donors (Lipinski definition) is 1. The van der Waals surface area contributed by atoms with Gasteiger partial charge in [0.15, 0.2) is 5.82 Å². The Morgan fingerprint density at radius 3 is 2.33 bits per heavy atom. The van der Waals surface area contributed by atoms with Crippen LogP contribution in [0.25, 0.3) is 16.9 Å². The molecule has 30 heavy (non-hydrogen) atoms. The number of carbonyl (C=O) groups excluding carboxylic acids is 2. The van der Waals surface area contributed by atoms with Gasteiger partial charge in [-0.2, -0.15) is 5.01 Å². The summed E-state index contributed by atoms with van der Waals surface area (Å²) in [6.07, 6.45) is -0.598. The van der Waals surface area contributed by atoms with Crippen molar-refractivity contribution in [2.24, 2.45) is 0 Å². The second-order valence-corrected chi connectivity index (χ2v) is 7.49. The van der Waals surface area contributed by atoms with Crippen molar-refractivity contribution in [3.63, 3.8) is 0 Å². The Morgan fingerprint density at radius 1 is 1.03 bits per heavy atom. The number of hydrazine groups is 1. The maximum Gasteiger partial charge on any atom is 0.435 e. The Labute approximate surface area is 179 Å². The maximum absolute atomic E-state index is 12.9. The van der Waals surface area contributed by atoms with E-state index in [0.29, 0.717) is 27.7 Å². The molecule has 0 fully saturated rings. The number of nitrogens with one attached hydrogen (secondary N) is 1. The van der Waals surface area contributed by atoms with E-state index in [4.69, 9.17) is 21.1 Å². The number of halogens is 1. The van der Waals surface area contributed by atoms with Gasteiger partial charge >= 0.3 is 12.2 Å². The number of imidazole rings is 1. The molecule has 8 nitrogen and oxygen atoms in total. The van der Waals surface area contributed by atoms with Crippen molar-refractivity contribution in [1.29, 1.82) is 0 Å². The van der Waals surface area contributed by atoms with E-state index in [2.05, 4.69) is 10.4 Å². The van der Waals surface area contributed by atoms with Crippen molar-refractivity contribution in [3.05, 3.63) is 53.7 Å². The number of fused-ring (bicyclic) bond motifs is 1. The highest BCUT2D eigenvalue weighted by Crippen LogP contribution is 2.32. The second kappa shape index (κ2) is 9.04. The monoisotopic (exact) mass is 430 g/mol. The molecule has 0 atom stereocenters. The van der Waals surface area contributed by atoms with E-state index in [1.54, 1.807) is 74.7 Å². The predicted octanol–water partition coefficient (Wildman–Crippen LogP) is 5.06. The van der Waals surface area contributed by atoms with E-state index in [0.717, 1.165) is 5.01 Å². The van der Waals surface area contributed by atoms with Gasteiger partial charge in [-0.15, -0.1) is 0 Å². The van der Waals surface area contributed by atoms with Crippen molar-refractivity contribution in [2.75, 3.05) is 5.01 Å². The average molecular weight is 431 g/mol. The average Bonchev–Trinajstić information content (AvgIpc) is 3.04. The van der Waals surface area contributed by atoms with Gasteiger partial charge in [0.1, 0.15) is 11.3 Å². The fourth-order valence-corrected chi connectivity index (χ4v) is 2.90. The summed E-state index contributed by atoms with van der Waals surface area (Å²) in [4.78, 5) is 29.9. The van der Waals surface area contributed by atoms with E-state index in [1.807, 2.05) is 6.07 Å². The first kappa shape index (κ1) is 21.4. The molecule has 158 valence electrons. The molecule has 0 aliphatic heterocycles. The minimum atomic E-state index is -0.793. The normalized spacial score (nSPS) is 11.0. The number of aromatic nitrogens is 2. The summed E-state index contributed by atoms with van der Waals surface area (Å²) in [5.74, 6) is 0.305. The van der Waals surface area contributed by atoms with Crippen molar-refractivity contribution >= 4 is 35.3 Å².